The minimum atomic E-state index is 1.08. The number of fused-ring (bicyclic) bond motifs is 3. The van der Waals surface area contributed by atoms with E-state index in [1.165, 1.54) is 16.2 Å². The van der Waals surface area contributed by atoms with Crippen LogP contribution in [-0.2, 0) is 7.05 Å². The third kappa shape index (κ3) is 1.26. The molecule has 2 heteroatoms. The highest BCUT2D eigenvalue weighted by Gasteiger charge is 2.04. The van der Waals surface area contributed by atoms with E-state index in [2.05, 4.69) is 46.2 Å². The molecule has 2 heterocycles. The second kappa shape index (κ2) is 3.02. The van der Waals surface area contributed by atoms with Gasteiger partial charge in [0.2, 0.25) is 0 Å². The average molecular weight is 195 g/mol. The van der Waals surface area contributed by atoms with E-state index in [4.69, 9.17) is 0 Å². The van der Waals surface area contributed by atoms with Crippen LogP contribution in [-0.4, -0.2) is 4.98 Å². The van der Waals surface area contributed by atoms with Crippen molar-refractivity contribution in [2.24, 2.45) is 7.05 Å². The van der Waals surface area contributed by atoms with E-state index in [1.807, 2.05) is 19.3 Å². The van der Waals surface area contributed by atoms with E-state index in [1.54, 1.807) is 0 Å². The molecule has 3 aromatic rings. The highest BCUT2D eigenvalue weighted by molar-refractivity contribution is 6.04. The van der Waals surface area contributed by atoms with Crippen molar-refractivity contribution in [1.29, 1.82) is 0 Å². The molecule has 0 spiro atoms. The number of nitrogens with zero attached hydrogens (tertiary/aromatic N) is 2. The summed E-state index contributed by atoms with van der Waals surface area (Å²) in [4.78, 5) is 4.44. The number of aromatic nitrogens is 2. The Kier molecular flexibility index (Phi) is 1.68. The number of benzene rings is 1. The van der Waals surface area contributed by atoms with Gasteiger partial charge in [-0.25, -0.2) is 4.57 Å². The van der Waals surface area contributed by atoms with E-state index < -0.39 is 0 Å². The molecule has 15 heavy (non-hydrogen) atoms. The highest BCUT2D eigenvalue weighted by Crippen LogP contribution is 2.21. The van der Waals surface area contributed by atoms with Crippen LogP contribution in [0.15, 0.2) is 48.9 Å². The first kappa shape index (κ1) is 8.36. The number of pyridine rings is 2. The smallest absolute Gasteiger partial charge is 0.178 e. The fourth-order valence-corrected chi connectivity index (χ4v) is 1.91. The monoisotopic (exact) mass is 195 g/mol. The molecule has 0 aliphatic heterocycles. The summed E-state index contributed by atoms with van der Waals surface area (Å²) in [6, 6.07) is 10.4. The molecule has 2 nitrogen and oxygen atoms in total. The second-order valence-corrected chi connectivity index (χ2v) is 3.75. The molecular weight excluding hydrogens is 184 g/mol. The molecular formula is C13H11N2+. The fourth-order valence-electron chi connectivity index (χ4n) is 1.91. The summed E-state index contributed by atoms with van der Waals surface area (Å²) in [7, 11) is 2.03. The normalized spacial score (nSPS) is 11.0. The van der Waals surface area contributed by atoms with Crippen LogP contribution >= 0.6 is 0 Å². The van der Waals surface area contributed by atoms with Crippen LogP contribution in [0.3, 0.4) is 0 Å². The fraction of sp³-hybridized carbons (Fsp3) is 0.0769. The summed E-state index contributed by atoms with van der Waals surface area (Å²) in [5.41, 5.74) is 1.08. The van der Waals surface area contributed by atoms with Gasteiger partial charge in [-0.15, -0.1) is 0 Å². The third-order valence-electron chi connectivity index (χ3n) is 2.67. The predicted molar refractivity (Wildman–Crippen MR) is 60.4 cm³/mol. The molecule has 3 rings (SSSR count). The van der Waals surface area contributed by atoms with Gasteiger partial charge in [-0.2, -0.15) is 0 Å². The minimum absolute atomic E-state index is 1.08. The largest absolute Gasteiger partial charge is 0.255 e. The lowest BCUT2D eigenvalue weighted by Crippen LogP contribution is -2.25. The van der Waals surface area contributed by atoms with Crippen molar-refractivity contribution in [2.75, 3.05) is 0 Å². The van der Waals surface area contributed by atoms with Gasteiger partial charge in [-0.1, -0.05) is 18.2 Å². The summed E-state index contributed by atoms with van der Waals surface area (Å²) in [5.74, 6) is 0. The first-order chi connectivity index (χ1) is 7.34. The van der Waals surface area contributed by atoms with Crippen molar-refractivity contribution < 1.29 is 4.57 Å². The van der Waals surface area contributed by atoms with Gasteiger partial charge in [0.15, 0.2) is 12.4 Å². The van der Waals surface area contributed by atoms with Crippen LogP contribution in [0.4, 0.5) is 0 Å². The number of rotatable bonds is 0. The van der Waals surface area contributed by atoms with Crippen LogP contribution in [0, 0.1) is 0 Å². The zero-order valence-electron chi connectivity index (χ0n) is 8.51. The average Bonchev–Trinajstić information content (AvgIpc) is 2.29. The van der Waals surface area contributed by atoms with E-state index >= 15 is 0 Å². The van der Waals surface area contributed by atoms with E-state index in [0.717, 1.165) is 5.52 Å². The zero-order chi connectivity index (χ0) is 10.3. The Morgan fingerprint density at radius 3 is 2.87 bits per heavy atom. The summed E-state index contributed by atoms with van der Waals surface area (Å²) in [6.07, 6.45) is 6.01. The molecule has 1 aromatic carbocycles. The molecule has 0 aliphatic carbocycles. The molecule has 0 saturated carbocycles. The standard InChI is InChI=1S/C13H11N2/c1-15-8-6-10-4-5-11-3-2-7-14-13(11)12(10)9-15/h2-9H,1H3/q+1. The van der Waals surface area contributed by atoms with Gasteiger partial charge in [-0.05, 0) is 11.5 Å². The van der Waals surface area contributed by atoms with Gasteiger partial charge < -0.3 is 0 Å². The first-order valence-corrected chi connectivity index (χ1v) is 4.97. The van der Waals surface area contributed by atoms with Gasteiger partial charge in [0.05, 0.1) is 10.9 Å². The Labute approximate surface area is 87.8 Å². The lowest BCUT2D eigenvalue weighted by Gasteiger charge is -2.00. The van der Waals surface area contributed by atoms with Gasteiger partial charge in [0.25, 0.3) is 0 Å². The summed E-state index contributed by atoms with van der Waals surface area (Å²) in [5, 5.41) is 3.63. The minimum Gasteiger partial charge on any atom is -0.255 e. The Bertz CT molecular complexity index is 644. The molecule has 2 aromatic heterocycles. The van der Waals surface area contributed by atoms with Crippen LogP contribution in [0.5, 0.6) is 0 Å². The van der Waals surface area contributed by atoms with Crippen molar-refractivity contribution in [3.8, 4) is 0 Å². The molecule has 0 bridgehead atoms. The maximum atomic E-state index is 4.44. The van der Waals surface area contributed by atoms with Gasteiger partial charge in [0, 0.05) is 17.6 Å². The Balaban J connectivity index is 2.57. The van der Waals surface area contributed by atoms with E-state index in [-0.39, 0.29) is 0 Å². The van der Waals surface area contributed by atoms with Crippen LogP contribution in [0.1, 0.15) is 0 Å². The van der Waals surface area contributed by atoms with Crippen molar-refractivity contribution >= 4 is 21.7 Å². The molecule has 72 valence electrons. The number of hydrogen-bond donors (Lipinski definition) is 0. The van der Waals surface area contributed by atoms with E-state index in [0.29, 0.717) is 0 Å². The molecule has 0 N–H and O–H groups in total. The predicted octanol–water partition coefficient (Wildman–Crippen LogP) is 2.21. The van der Waals surface area contributed by atoms with Crippen molar-refractivity contribution in [1.82, 2.24) is 4.98 Å². The van der Waals surface area contributed by atoms with Crippen molar-refractivity contribution in [2.45, 2.75) is 0 Å². The third-order valence-corrected chi connectivity index (χ3v) is 2.67. The lowest BCUT2D eigenvalue weighted by atomic mass is 10.1. The Morgan fingerprint density at radius 1 is 1.07 bits per heavy atom. The van der Waals surface area contributed by atoms with Gasteiger partial charge in [0.1, 0.15) is 7.05 Å². The molecule has 0 amide bonds. The zero-order valence-corrected chi connectivity index (χ0v) is 8.51. The van der Waals surface area contributed by atoms with E-state index in [9.17, 15) is 0 Å². The lowest BCUT2D eigenvalue weighted by molar-refractivity contribution is -0.670. The van der Waals surface area contributed by atoms with Crippen LogP contribution in [0.25, 0.3) is 21.7 Å². The van der Waals surface area contributed by atoms with Crippen LogP contribution < -0.4 is 4.57 Å². The molecule has 0 radical (unpaired) electrons. The summed E-state index contributed by atoms with van der Waals surface area (Å²) in [6.45, 7) is 0. The van der Waals surface area contributed by atoms with Crippen LogP contribution in [0.2, 0.25) is 0 Å². The second-order valence-electron chi connectivity index (χ2n) is 3.75. The topological polar surface area (TPSA) is 16.8 Å². The number of aryl methyl sites for hydroxylation is 1. The molecule has 0 fully saturated rings. The first-order valence-electron chi connectivity index (χ1n) is 4.97. The molecule has 0 saturated heterocycles. The van der Waals surface area contributed by atoms with Gasteiger partial charge >= 0.3 is 0 Å². The SMILES string of the molecule is C[n+]1ccc2ccc3cccnc3c2c1. The summed E-state index contributed by atoms with van der Waals surface area (Å²) >= 11 is 0. The van der Waals surface area contributed by atoms with Gasteiger partial charge in [-0.3, -0.25) is 4.98 Å². The maximum absolute atomic E-state index is 4.44. The molecule has 0 unspecified atom stereocenters. The van der Waals surface area contributed by atoms with Crippen molar-refractivity contribution in [3.63, 3.8) is 0 Å². The van der Waals surface area contributed by atoms with Crippen molar-refractivity contribution in [3.05, 3.63) is 48.9 Å². The quantitative estimate of drug-likeness (QED) is 0.397. The Hall–Kier alpha value is -1.96. The maximum Gasteiger partial charge on any atom is 0.178 e. The Morgan fingerprint density at radius 2 is 1.93 bits per heavy atom. The highest BCUT2D eigenvalue weighted by atomic mass is 14.9. The summed E-state index contributed by atoms with van der Waals surface area (Å²) < 4.78 is 2.05. The molecule has 0 aliphatic rings. The number of hydrogen-bond acceptors (Lipinski definition) is 1. The molecule has 0 atom stereocenters.